The van der Waals surface area contributed by atoms with Crippen molar-refractivity contribution >= 4 is 5.91 Å². The number of hydrogen-bond acceptors (Lipinski definition) is 4. The Morgan fingerprint density at radius 2 is 2.33 bits per heavy atom. The first-order valence-electron chi connectivity index (χ1n) is 4.77. The molecular formula is C10H15NO4. The highest BCUT2D eigenvalue weighted by Crippen LogP contribution is 2.05. The number of carbonyl (C=O) groups is 1. The molecule has 1 rings (SSSR count). The minimum atomic E-state index is -0.254. The Balaban J connectivity index is 2.19. The molecule has 0 saturated heterocycles. The standard InChI is InChI=1S/C10H15NO4/c1-8-2-3-9(15-8)10(13)11-4-6-14-7-5-12/h2-3,12H,4-7H2,1H3,(H,11,13). The van der Waals surface area contributed by atoms with Crippen molar-refractivity contribution in [2.24, 2.45) is 0 Å². The van der Waals surface area contributed by atoms with E-state index in [9.17, 15) is 4.79 Å². The third-order valence-corrected chi connectivity index (χ3v) is 1.73. The first-order valence-corrected chi connectivity index (χ1v) is 4.77. The van der Waals surface area contributed by atoms with Crippen LogP contribution in [0.25, 0.3) is 0 Å². The molecule has 0 radical (unpaired) electrons. The molecule has 84 valence electrons. The maximum absolute atomic E-state index is 11.4. The Bertz CT molecular complexity index is 308. The van der Waals surface area contributed by atoms with Gasteiger partial charge in [-0.2, -0.15) is 0 Å². The van der Waals surface area contributed by atoms with Crippen molar-refractivity contribution in [1.82, 2.24) is 5.32 Å². The predicted molar refractivity (Wildman–Crippen MR) is 53.7 cm³/mol. The summed E-state index contributed by atoms with van der Waals surface area (Å²) in [4.78, 5) is 11.4. The normalized spacial score (nSPS) is 10.3. The van der Waals surface area contributed by atoms with Crippen LogP contribution in [-0.4, -0.2) is 37.4 Å². The van der Waals surface area contributed by atoms with Gasteiger partial charge in [0.15, 0.2) is 5.76 Å². The van der Waals surface area contributed by atoms with Crippen LogP contribution in [0.1, 0.15) is 16.3 Å². The smallest absolute Gasteiger partial charge is 0.287 e. The summed E-state index contributed by atoms with van der Waals surface area (Å²) in [5.74, 6) is 0.752. The average molecular weight is 213 g/mol. The van der Waals surface area contributed by atoms with Gasteiger partial charge in [-0.15, -0.1) is 0 Å². The van der Waals surface area contributed by atoms with E-state index in [0.29, 0.717) is 24.7 Å². The van der Waals surface area contributed by atoms with Gasteiger partial charge < -0.3 is 19.6 Å². The molecular weight excluding hydrogens is 198 g/mol. The second-order valence-electron chi connectivity index (χ2n) is 3.00. The van der Waals surface area contributed by atoms with Gasteiger partial charge in [0.05, 0.1) is 19.8 Å². The minimum absolute atomic E-state index is 0.00861. The van der Waals surface area contributed by atoms with E-state index in [2.05, 4.69) is 5.32 Å². The van der Waals surface area contributed by atoms with E-state index in [-0.39, 0.29) is 19.1 Å². The maximum Gasteiger partial charge on any atom is 0.287 e. The van der Waals surface area contributed by atoms with Crippen molar-refractivity contribution in [3.63, 3.8) is 0 Å². The number of aliphatic hydroxyl groups is 1. The van der Waals surface area contributed by atoms with E-state index in [0.717, 1.165) is 0 Å². The van der Waals surface area contributed by atoms with Crippen LogP contribution in [-0.2, 0) is 4.74 Å². The van der Waals surface area contributed by atoms with Gasteiger partial charge in [-0.25, -0.2) is 0 Å². The molecule has 5 heteroatoms. The maximum atomic E-state index is 11.4. The largest absolute Gasteiger partial charge is 0.456 e. The molecule has 0 aliphatic heterocycles. The molecule has 0 bridgehead atoms. The summed E-state index contributed by atoms with van der Waals surface area (Å²) in [5, 5.41) is 11.1. The lowest BCUT2D eigenvalue weighted by Crippen LogP contribution is -2.27. The van der Waals surface area contributed by atoms with Crippen molar-refractivity contribution in [3.8, 4) is 0 Å². The van der Waals surface area contributed by atoms with Gasteiger partial charge in [-0.05, 0) is 19.1 Å². The lowest BCUT2D eigenvalue weighted by atomic mass is 10.4. The van der Waals surface area contributed by atoms with E-state index < -0.39 is 0 Å². The lowest BCUT2D eigenvalue weighted by Gasteiger charge is -2.03. The number of amides is 1. The van der Waals surface area contributed by atoms with E-state index >= 15 is 0 Å². The Hall–Kier alpha value is -1.33. The van der Waals surface area contributed by atoms with Crippen molar-refractivity contribution in [2.75, 3.05) is 26.4 Å². The fourth-order valence-corrected chi connectivity index (χ4v) is 1.05. The molecule has 0 aliphatic rings. The summed E-state index contributed by atoms with van der Waals surface area (Å²) in [6.45, 7) is 2.84. The molecule has 15 heavy (non-hydrogen) atoms. The van der Waals surface area contributed by atoms with Crippen LogP contribution in [0.4, 0.5) is 0 Å². The molecule has 1 heterocycles. The summed E-state index contributed by atoms with van der Waals surface area (Å²) < 4.78 is 10.1. The number of rotatable bonds is 6. The fourth-order valence-electron chi connectivity index (χ4n) is 1.05. The molecule has 0 aromatic carbocycles. The molecule has 1 aromatic heterocycles. The highest BCUT2D eigenvalue weighted by molar-refractivity contribution is 5.91. The Labute approximate surface area is 88.0 Å². The van der Waals surface area contributed by atoms with Crippen molar-refractivity contribution in [2.45, 2.75) is 6.92 Å². The SMILES string of the molecule is Cc1ccc(C(=O)NCCOCCO)o1. The van der Waals surface area contributed by atoms with Crippen molar-refractivity contribution in [3.05, 3.63) is 23.7 Å². The van der Waals surface area contributed by atoms with E-state index in [1.807, 2.05) is 0 Å². The Morgan fingerprint density at radius 3 is 2.93 bits per heavy atom. The molecule has 0 fully saturated rings. The lowest BCUT2D eigenvalue weighted by molar-refractivity contribution is 0.0820. The van der Waals surface area contributed by atoms with E-state index in [1.54, 1.807) is 19.1 Å². The molecule has 0 aliphatic carbocycles. The molecule has 2 N–H and O–H groups in total. The summed E-state index contributed by atoms with van der Waals surface area (Å²) in [7, 11) is 0. The molecule has 5 nitrogen and oxygen atoms in total. The first kappa shape index (κ1) is 11.7. The van der Waals surface area contributed by atoms with E-state index in [1.165, 1.54) is 0 Å². The molecule has 0 unspecified atom stereocenters. The molecule has 0 atom stereocenters. The van der Waals surface area contributed by atoms with Gasteiger partial charge in [-0.3, -0.25) is 4.79 Å². The zero-order chi connectivity index (χ0) is 11.1. The average Bonchev–Trinajstić information content (AvgIpc) is 2.64. The quantitative estimate of drug-likeness (QED) is 0.668. The summed E-state index contributed by atoms with van der Waals surface area (Å²) in [6.07, 6.45) is 0. The van der Waals surface area contributed by atoms with Gasteiger partial charge in [0.25, 0.3) is 5.91 Å². The van der Waals surface area contributed by atoms with Gasteiger partial charge >= 0.3 is 0 Å². The van der Waals surface area contributed by atoms with Crippen molar-refractivity contribution in [1.29, 1.82) is 0 Å². The summed E-state index contributed by atoms with van der Waals surface area (Å²) >= 11 is 0. The second-order valence-corrected chi connectivity index (χ2v) is 3.00. The number of carbonyl (C=O) groups excluding carboxylic acids is 1. The van der Waals surface area contributed by atoms with E-state index in [4.69, 9.17) is 14.3 Å². The van der Waals surface area contributed by atoms with Crippen LogP contribution in [0, 0.1) is 6.92 Å². The van der Waals surface area contributed by atoms with Crippen LogP contribution in [0.5, 0.6) is 0 Å². The monoisotopic (exact) mass is 213 g/mol. The number of ether oxygens (including phenoxy) is 1. The Kier molecular flexibility index (Phi) is 4.86. The van der Waals surface area contributed by atoms with Crippen molar-refractivity contribution < 1.29 is 19.1 Å². The topological polar surface area (TPSA) is 71.7 Å². The van der Waals surface area contributed by atoms with Gasteiger partial charge in [0.1, 0.15) is 5.76 Å². The van der Waals surface area contributed by atoms with Crippen LogP contribution in [0.3, 0.4) is 0 Å². The van der Waals surface area contributed by atoms with Gasteiger partial charge in [0, 0.05) is 6.54 Å². The number of hydrogen-bond donors (Lipinski definition) is 2. The zero-order valence-corrected chi connectivity index (χ0v) is 8.66. The highest BCUT2D eigenvalue weighted by Gasteiger charge is 2.08. The number of nitrogens with one attached hydrogen (secondary N) is 1. The van der Waals surface area contributed by atoms with Gasteiger partial charge in [0.2, 0.25) is 0 Å². The number of aryl methyl sites for hydroxylation is 1. The zero-order valence-electron chi connectivity index (χ0n) is 8.66. The second kappa shape index (κ2) is 6.21. The van der Waals surface area contributed by atoms with Crippen LogP contribution < -0.4 is 5.32 Å². The van der Waals surface area contributed by atoms with Crippen LogP contribution >= 0.6 is 0 Å². The fraction of sp³-hybridized carbons (Fsp3) is 0.500. The first-order chi connectivity index (χ1) is 7.24. The van der Waals surface area contributed by atoms with Gasteiger partial charge in [-0.1, -0.05) is 0 Å². The third kappa shape index (κ3) is 4.14. The summed E-state index contributed by atoms with van der Waals surface area (Å²) in [6, 6.07) is 3.36. The number of aliphatic hydroxyl groups excluding tert-OH is 1. The molecule has 1 aromatic rings. The Morgan fingerprint density at radius 1 is 1.53 bits per heavy atom. The molecule has 1 amide bonds. The van der Waals surface area contributed by atoms with Crippen LogP contribution in [0.15, 0.2) is 16.5 Å². The number of furan rings is 1. The predicted octanol–water partition coefficient (Wildman–Crippen LogP) is 0.327. The minimum Gasteiger partial charge on any atom is -0.456 e. The molecule has 0 saturated carbocycles. The third-order valence-electron chi connectivity index (χ3n) is 1.73. The molecule has 0 spiro atoms. The highest BCUT2D eigenvalue weighted by atomic mass is 16.5. The van der Waals surface area contributed by atoms with Crippen LogP contribution in [0.2, 0.25) is 0 Å². The summed E-state index contributed by atoms with van der Waals surface area (Å²) in [5.41, 5.74) is 0.